The summed E-state index contributed by atoms with van der Waals surface area (Å²) in [5.41, 5.74) is 1.44. The van der Waals surface area contributed by atoms with Crippen LogP contribution < -0.4 is 20.3 Å². The topological polar surface area (TPSA) is 159 Å². The van der Waals surface area contributed by atoms with Crippen LogP contribution in [0.5, 0.6) is 5.75 Å². The number of sulfone groups is 1. The van der Waals surface area contributed by atoms with Gasteiger partial charge in [0.05, 0.1) is 39.6 Å². The van der Waals surface area contributed by atoms with Crippen LogP contribution in [0.4, 0.5) is 11.4 Å². The standard InChI is InChI=1S/C34H43N3O8S3/c1-4-6-17-34(5-2)23-37(26-15-11-8-12-16-26)28-18-30(46-3)29(19-31(28)47(40,41)24-34)45-21-33(39)35-20-32(38)36-27(22-48(42,43)44)25-13-9-7-10-14-25/h7-16,18-19,27H,4-6,17,20-24H2,1-3H3,(H,35,39)(H,36,38)(H,42,43,44)/t27-,34?/m0/s1. The zero-order valence-electron chi connectivity index (χ0n) is 27.3. The smallest absolute Gasteiger partial charge is 0.267 e. The number of hydrogen-bond acceptors (Lipinski definition) is 9. The third-order valence-corrected chi connectivity index (χ3v) is 12.0. The van der Waals surface area contributed by atoms with Gasteiger partial charge in [-0.05, 0) is 42.9 Å². The van der Waals surface area contributed by atoms with Gasteiger partial charge in [0.2, 0.25) is 5.91 Å². The molecule has 1 aliphatic rings. The SMILES string of the molecule is CCCCC1(CC)CN(c2ccccc2)c2cc(SC)c(OCC(=O)NCC(=O)N[C@@H](CS(=O)(=O)O)c3ccccc3)cc2S(=O)(=O)C1. The van der Waals surface area contributed by atoms with Crippen LogP contribution in [-0.4, -0.2) is 70.7 Å². The van der Waals surface area contributed by atoms with Crippen molar-refractivity contribution in [2.75, 3.05) is 42.4 Å². The number of para-hydroxylation sites is 1. The normalized spacial score (nSPS) is 17.9. The van der Waals surface area contributed by atoms with Gasteiger partial charge >= 0.3 is 0 Å². The highest BCUT2D eigenvalue weighted by molar-refractivity contribution is 7.98. The summed E-state index contributed by atoms with van der Waals surface area (Å²) in [5, 5.41) is 4.96. The number of hydrogen-bond donors (Lipinski definition) is 3. The number of nitrogens with zero attached hydrogens (tertiary/aromatic N) is 1. The van der Waals surface area contributed by atoms with Gasteiger partial charge in [-0.3, -0.25) is 14.1 Å². The highest BCUT2D eigenvalue weighted by atomic mass is 32.2. The molecule has 11 nitrogen and oxygen atoms in total. The van der Waals surface area contributed by atoms with Crippen LogP contribution in [0.1, 0.15) is 51.1 Å². The number of anilines is 2. The van der Waals surface area contributed by atoms with E-state index in [1.54, 1.807) is 36.4 Å². The zero-order valence-corrected chi connectivity index (χ0v) is 29.8. The second-order valence-electron chi connectivity index (χ2n) is 12.0. The molecule has 2 amide bonds. The van der Waals surface area contributed by atoms with E-state index in [1.807, 2.05) is 43.5 Å². The van der Waals surface area contributed by atoms with Gasteiger partial charge in [0.15, 0.2) is 16.4 Å². The molecule has 0 radical (unpaired) electrons. The van der Waals surface area contributed by atoms with Crippen molar-refractivity contribution in [3.05, 3.63) is 78.4 Å². The van der Waals surface area contributed by atoms with E-state index in [0.717, 1.165) is 24.9 Å². The fourth-order valence-electron chi connectivity index (χ4n) is 5.88. The van der Waals surface area contributed by atoms with Crippen molar-refractivity contribution in [1.29, 1.82) is 0 Å². The Labute approximate surface area is 287 Å². The lowest BCUT2D eigenvalue weighted by molar-refractivity contribution is -0.127. The van der Waals surface area contributed by atoms with Crippen LogP contribution in [0.15, 0.2) is 82.6 Å². The Morgan fingerprint density at radius 2 is 1.71 bits per heavy atom. The highest BCUT2D eigenvalue weighted by Crippen LogP contribution is 2.47. The Bertz CT molecular complexity index is 1790. The molecule has 0 saturated carbocycles. The number of carbonyl (C=O) groups excluding carboxylic acids is 2. The molecule has 260 valence electrons. The molecule has 48 heavy (non-hydrogen) atoms. The maximum Gasteiger partial charge on any atom is 0.267 e. The average molecular weight is 718 g/mol. The molecule has 1 aliphatic heterocycles. The molecule has 0 spiro atoms. The number of benzene rings is 3. The molecule has 3 aromatic carbocycles. The average Bonchev–Trinajstić information content (AvgIpc) is 3.16. The third-order valence-electron chi connectivity index (χ3n) is 8.46. The van der Waals surface area contributed by atoms with Crippen LogP contribution in [-0.2, 0) is 29.5 Å². The number of amides is 2. The van der Waals surface area contributed by atoms with Crippen molar-refractivity contribution in [1.82, 2.24) is 10.6 Å². The minimum absolute atomic E-state index is 0.0119. The van der Waals surface area contributed by atoms with Gasteiger partial charge in [0.25, 0.3) is 16.0 Å². The molecule has 0 bridgehead atoms. The molecule has 0 saturated heterocycles. The molecule has 1 heterocycles. The predicted octanol–water partition coefficient (Wildman–Crippen LogP) is 5.16. The first kappa shape index (κ1) is 37.2. The van der Waals surface area contributed by atoms with Crippen LogP contribution >= 0.6 is 11.8 Å². The molecule has 1 unspecified atom stereocenters. The lowest BCUT2D eigenvalue weighted by Gasteiger charge is -2.36. The van der Waals surface area contributed by atoms with Crippen molar-refractivity contribution in [2.24, 2.45) is 5.41 Å². The number of fused-ring (bicyclic) bond motifs is 1. The number of unbranched alkanes of at least 4 members (excludes halogenated alkanes) is 1. The molecule has 0 fully saturated rings. The van der Waals surface area contributed by atoms with Gasteiger partial charge in [0.1, 0.15) is 5.75 Å². The van der Waals surface area contributed by atoms with Gasteiger partial charge in [0, 0.05) is 23.7 Å². The fourth-order valence-corrected chi connectivity index (χ4v) is 9.30. The maximum absolute atomic E-state index is 14.1. The van der Waals surface area contributed by atoms with Crippen molar-refractivity contribution in [3.8, 4) is 5.75 Å². The van der Waals surface area contributed by atoms with Crippen molar-refractivity contribution < 1.29 is 35.7 Å². The first-order valence-electron chi connectivity index (χ1n) is 15.8. The van der Waals surface area contributed by atoms with Gasteiger partial charge in [-0.15, -0.1) is 11.8 Å². The number of rotatable bonds is 15. The van der Waals surface area contributed by atoms with E-state index in [4.69, 9.17) is 4.74 Å². The third kappa shape index (κ3) is 9.74. The van der Waals surface area contributed by atoms with Gasteiger partial charge < -0.3 is 20.3 Å². The van der Waals surface area contributed by atoms with Gasteiger partial charge in [-0.2, -0.15) is 8.42 Å². The van der Waals surface area contributed by atoms with E-state index < -0.39 is 62.1 Å². The monoisotopic (exact) mass is 717 g/mol. The Morgan fingerprint density at radius 3 is 2.31 bits per heavy atom. The largest absolute Gasteiger partial charge is 0.483 e. The minimum atomic E-state index is -4.41. The van der Waals surface area contributed by atoms with E-state index in [9.17, 15) is 31.0 Å². The molecule has 3 N–H and O–H groups in total. The summed E-state index contributed by atoms with van der Waals surface area (Å²) >= 11 is 1.36. The van der Waals surface area contributed by atoms with Crippen molar-refractivity contribution >= 4 is 54.9 Å². The Hall–Kier alpha value is -3.59. The summed E-state index contributed by atoms with van der Waals surface area (Å²) in [6.07, 6.45) is 5.16. The fraction of sp³-hybridized carbons (Fsp3) is 0.412. The van der Waals surface area contributed by atoms with E-state index in [-0.39, 0.29) is 16.4 Å². The highest BCUT2D eigenvalue weighted by Gasteiger charge is 2.42. The van der Waals surface area contributed by atoms with Crippen LogP contribution in [0, 0.1) is 5.41 Å². The molecule has 3 aromatic rings. The van der Waals surface area contributed by atoms with Gasteiger partial charge in [-0.25, -0.2) is 8.42 Å². The number of carbonyl (C=O) groups is 2. The van der Waals surface area contributed by atoms with Gasteiger partial charge in [-0.1, -0.05) is 75.2 Å². The molecule has 0 aromatic heterocycles. The summed E-state index contributed by atoms with van der Waals surface area (Å²) in [6, 6.07) is 20.3. The van der Waals surface area contributed by atoms with E-state index >= 15 is 0 Å². The quantitative estimate of drug-likeness (QED) is 0.142. The number of thioether (sulfide) groups is 1. The second kappa shape index (κ2) is 16.2. The molecule has 0 aliphatic carbocycles. The lowest BCUT2D eigenvalue weighted by atomic mass is 9.81. The maximum atomic E-state index is 14.1. The lowest BCUT2D eigenvalue weighted by Crippen LogP contribution is -2.41. The first-order chi connectivity index (χ1) is 22.8. The predicted molar refractivity (Wildman–Crippen MR) is 188 cm³/mol. The van der Waals surface area contributed by atoms with Crippen molar-refractivity contribution in [2.45, 2.75) is 55.4 Å². The summed E-state index contributed by atoms with van der Waals surface area (Å²) in [4.78, 5) is 28.2. The van der Waals surface area contributed by atoms with Crippen LogP contribution in [0.2, 0.25) is 0 Å². The Kier molecular flexibility index (Phi) is 12.6. The van der Waals surface area contributed by atoms with E-state index in [2.05, 4.69) is 22.5 Å². The Balaban J connectivity index is 1.53. The molecule has 4 rings (SSSR count). The molecule has 14 heteroatoms. The number of nitrogens with one attached hydrogen (secondary N) is 2. The summed E-state index contributed by atoms with van der Waals surface area (Å²) in [5.74, 6) is -1.84. The van der Waals surface area contributed by atoms with Crippen molar-refractivity contribution in [3.63, 3.8) is 0 Å². The minimum Gasteiger partial charge on any atom is -0.483 e. The summed E-state index contributed by atoms with van der Waals surface area (Å²) in [7, 11) is -8.18. The van der Waals surface area contributed by atoms with E-state index in [0.29, 0.717) is 29.1 Å². The zero-order chi connectivity index (χ0) is 35.0. The van der Waals surface area contributed by atoms with E-state index in [1.165, 1.54) is 17.8 Å². The second-order valence-corrected chi connectivity index (χ2v) is 16.3. The summed E-state index contributed by atoms with van der Waals surface area (Å²) in [6.45, 7) is 3.70. The molecular weight excluding hydrogens is 675 g/mol. The molecular formula is C34H43N3O8S3. The van der Waals surface area contributed by atoms with Crippen LogP contribution in [0.3, 0.4) is 0 Å². The molecule has 2 atom stereocenters. The Morgan fingerprint density at radius 1 is 1.04 bits per heavy atom. The summed E-state index contributed by atoms with van der Waals surface area (Å²) < 4.78 is 66.5. The van der Waals surface area contributed by atoms with Crippen LogP contribution in [0.25, 0.3) is 0 Å². The number of ether oxygens (including phenoxy) is 1. The first-order valence-corrected chi connectivity index (χ1v) is 20.2.